The van der Waals surface area contributed by atoms with Gasteiger partial charge in [-0.1, -0.05) is 12.1 Å². The molecule has 1 aromatic rings. The fourth-order valence-electron chi connectivity index (χ4n) is 4.43. The van der Waals surface area contributed by atoms with E-state index < -0.39 is 5.60 Å². The van der Waals surface area contributed by atoms with Crippen LogP contribution >= 0.6 is 0 Å². The second-order valence-electron chi connectivity index (χ2n) is 6.92. The topological polar surface area (TPSA) is 46.5 Å². The summed E-state index contributed by atoms with van der Waals surface area (Å²) in [5.41, 5.74) is 0.527. The van der Waals surface area contributed by atoms with Crippen LogP contribution in [0.4, 0.5) is 0 Å². The van der Waals surface area contributed by atoms with E-state index in [4.69, 9.17) is 4.74 Å². The fraction of sp³-hybridized carbons (Fsp3) is 0.632. The van der Waals surface area contributed by atoms with Crippen molar-refractivity contribution in [2.75, 3.05) is 7.11 Å². The Morgan fingerprint density at radius 2 is 2.18 bits per heavy atom. The maximum atomic E-state index is 12.1. The lowest BCUT2D eigenvalue weighted by Gasteiger charge is -2.46. The zero-order valence-corrected chi connectivity index (χ0v) is 13.4. The normalized spacial score (nSPS) is 31.6. The number of methoxy groups -OCH3 is 1. The van der Waals surface area contributed by atoms with Crippen LogP contribution < -0.4 is 4.74 Å². The number of carbonyl (C=O) groups is 1. The third kappa shape index (κ3) is 3.05. The van der Waals surface area contributed by atoms with Gasteiger partial charge in [-0.05, 0) is 68.6 Å². The number of fused-ring (bicyclic) bond motifs is 1. The molecule has 3 heteroatoms. The number of carbonyl (C=O) groups excluding carboxylic acids is 1. The predicted octanol–water partition coefficient (Wildman–Crippen LogP) is 3.53. The number of ether oxygens (including phenoxy) is 1. The smallest absolute Gasteiger partial charge is 0.136 e. The fourth-order valence-corrected chi connectivity index (χ4v) is 4.43. The molecule has 2 aliphatic carbocycles. The molecule has 0 spiro atoms. The van der Waals surface area contributed by atoms with Crippen LogP contribution in [0, 0.1) is 11.8 Å². The highest BCUT2D eigenvalue weighted by molar-refractivity contribution is 5.82. The van der Waals surface area contributed by atoms with Gasteiger partial charge in [0, 0.05) is 12.3 Å². The number of ketones is 1. The third-order valence-electron chi connectivity index (χ3n) is 5.63. The Labute approximate surface area is 132 Å². The van der Waals surface area contributed by atoms with Gasteiger partial charge in [-0.25, -0.2) is 0 Å². The van der Waals surface area contributed by atoms with Gasteiger partial charge in [-0.3, -0.25) is 4.79 Å². The van der Waals surface area contributed by atoms with Crippen LogP contribution in [0.1, 0.15) is 50.5 Å². The zero-order valence-electron chi connectivity index (χ0n) is 13.4. The molecule has 0 radical (unpaired) electrons. The summed E-state index contributed by atoms with van der Waals surface area (Å²) in [7, 11) is 1.67. The minimum atomic E-state index is -0.665. The molecule has 3 rings (SSSR count). The van der Waals surface area contributed by atoms with E-state index in [1.165, 1.54) is 5.56 Å². The Balaban J connectivity index is 1.70. The van der Waals surface area contributed by atoms with Crippen LogP contribution in [0.2, 0.25) is 0 Å². The van der Waals surface area contributed by atoms with E-state index >= 15 is 0 Å². The zero-order chi connectivity index (χ0) is 15.6. The summed E-state index contributed by atoms with van der Waals surface area (Å²) < 4.78 is 5.26. The minimum Gasteiger partial charge on any atom is -0.497 e. The summed E-state index contributed by atoms with van der Waals surface area (Å²) in [4.78, 5) is 12.1. The molecule has 22 heavy (non-hydrogen) atoms. The molecule has 0 heterocycles. The second kappa shape index (κ2) is 6.41. The molecule has 0 aliphatic heterocycles. The lowest BCUT2D eigenvalue weighted by atomic mass is 9.61. The maximum Gasteiger partial charge on any atom is 0.136 e. The summed E-state index contributed by atoms with van der Waals surface area (Å²) in [6, 6.07) is 8.05. The van der Waals surface area contributed by atoms with Gasteiger partial charge in [-0.15, -0.1) is 0 Å². The summed E-state index contributed by atoms with van der Waals surface area (Å²) in [6.07, 6.45) is 7.04. The average molecular weight is 302 g/mol. The van der Waals surface area contributed by atoms with Crippen LogP contribution in [0.3, 0.4) is 0 Å². The maximum absolute atomic E-state index is 12.1. The standard InChI is InChI=1S/C19H26O3/c1-22-15-6-2-5-14(13-15)10-12-19(21)11-4-7-16-17(19)8-3-9-18(16)20/h2,5-6,13,16-17,21H,3-4,7-12H2,1H3. The summed E-state index contributed by atoms with van der Waals surface area (Å²) in [5, 5.41) is 11.2. The highest BCUT2D eigenvalue weighted by Gasteiger charge is 2.47. The van der Waals surface area contributed by atoms with Crippen molar-refractivity contribution in [3.05, 3.63) is 29.8 Å². The first-order chi connectivity index (χ1) is 10.6. The van der Waals surface area contributed by atoms with Gasteiger partial charge in [0.05, 0.1) is 12.7 Å². The lowest BCUT2D eigenvalue weighted by Crippen LogP contribution is -2.49. The molecule has 0 amide bonds. The first-order valence-corrected chi connectivity index (χ1v) is 8.50. The molecule has 1 aromatic carbocycles. The predicted molar refractivity (Wildman–Crippen MR) is 86.0 cm³/mol. The highest BCUT2D eigenvalue weighted by Crippen LogP contribution is 2.46. The largest absolute Gasteiger partial charge is 0.497 e. The van der Waals surface area contributed by atoms with E-state index in [2.05, 4.69) is 6.07 Å². The van der Waals surface area contributed by atoms with E-state index in [1.807, 2.05) is 18.2 Å². The summed E-state index contributed by atoms with van der Waals surface area (Å²) in [5.74, 6) is 1.53. The van der Waals surface area contributed by atoms with E-state index in [1.54, 1.807) is 7.11 Å². The number of benzene rings is 1. The van der Waals surface area contributed by atoms with E-state index in [-0.39, 0.29) is 11.8 Å². The molecule has 120 valence electrons. The van der Waals surface area contributed by atoms with E-state index in [0.717, 1.165) is 50.7 Å². The minimum absolute atomic E-state index is 0.109. The number of aliphatic hydroxyl groups is 1. The summed E-state index contributed by atoms with van der Waals surface area (Å²) in [6.45, 7) is 0. The number of hydrogen-bond donors (Lipinski definition) is 1. The second-order valence-corrected chi connectivity index (χ2v) is 6.92. The van der Waals surface area contributed by atoms with Gasteiger partial charge in [-0.2, -0.15) is 0 Å². The monoisotopic (exact) mass is 302 g/mol. The van der Waals surface area contributed by atoms with Gasteiger partial charge in [0.2, 0.25) is 0 Å². The van der Waals surface area contributed by atoms with Crippen molar-refractivity contribution in [3.63, 3.8) is 0 Å². The molecule has 2 fully saturated rings. The molecular formula is C19H26O3. The quantitative estimate of drug-likeness (QED) is 0.925. The molecule has 3 atom stereocenters. The summed E-state index contributed by atoms with van der Waals surface area (Å²) >= 11 is 0. The van der Waals surface area contributed by atoms with Crippen LogP contribution in [-0.2, 0) is 11.2 Å². The van der Waals surface area contributed by atoms with Crippen LogP contribution in [-0.4, -0.2) is 23.6 Å². The van der Waals surface area contributed by atoms with Crippen molar-refractivity contribution < 1.29 is 14.6 Å². The van der Waals surface area contributed by atoms with Crippen molar-refractivity contribution in [2.24, 2.45) is 11.8 Å². The van der Waals surface area contributed by atoms with Crippen molar-refractivity contribution in [3.8, 4) is 5.75 Å². The first-order valence-electron chi connectivity index (χ1n) is 8.50. The van der Waals surface area contributed by atoms with Crippen molar-refractivity contribution in [1.29, 1.82) is 0 Å². The Morgan fingerprint density at radius 3 is 3.00 bits per heavy atom. The highest BCUT2D eigenvalue weighted by atomic mass is 16.5. The van der Waals surface area contributed by atoms with Gasteiger partial charge in [0.1, 0.15) is 11.5 Å². The van der Waals surface area contributed by atoms with Crippen molar-refractivity contribution in [2.45, 2.75) is 57.0 Å². The average Bonchev–Trinajstić information content (AvgIpc) is 2.55. The third-order valence-corrected chi connectivity index (χ3v) is 5.63. The van der Waals surface area contributed by atoms with Crippen molar-refractivity contribution >= 4 is 5.78 Å². The van der Waals surface area contributed by atoms with E-state index in [0.29, 0.717) is 12.2 Å². The molecule has 0 saturated heterocycles. The molecule has 1 N–H and O–H groups in total. The molecule has 2 saturated carbocycles. The molecule has 0 bridgehead atoms. The van der Waals surface area contributed by atoms with Gasteiger partial charge < -0.3 is 9.84 Å². The van der Waals surface area contributed by atoms with Gasteiger partial charge in [0.25, 0.3) is 0 Å². The molecular weight excluding hydrogens is 276 g/mol. The number of hydrogen-bond acceptors (Lipinski definition) is 3. The Hall–Kier alpha value is -1.35. The van der Waals surface area contributed by atoms with Gasteiger partial charge >= 0.3 is 0 Å². The number of rotatable bonds is 4. The Bertz CT molecular complexity index is 539. The SMILES string of the molecule is COc1cccc(CCC2(O)CCCC3C(=O)CCCC32)c1. The van der Waals surface area contributed by atoms with Crippen LogP contribution in [0.15, 0.2) is 24.3 Å². The van der Waals surface area contributed by atoms with Crippen molar-refractivity contribution in [1.82, 2.24) is 0 Å². The Morgan fingerprint density at radius 1 is 1.32 bits per heavy atom. The van der Waals surface area contributed by atoms with Gasteiger partial charge in [0.15, 0.2) is 0 Å². The lowest BCUT2D eigenvalue weighted by molar-refractivity contribution is -0.142. The number of Topliss-reactive ketones (excluding diaryl/α,β-unsaturated/α-hetero) is 1. The Kier molecular flexibility index (Phi) is 4.53. The molecule has 3 unspecified atom stereocenters. The van der Waals surface area contributed by atoms with Crippen LogP contribution in [0.25, 0.3) is 0 Å². The first kappa shape index (κ1) is 15.5. The number of aryl methyl sites for hydroxylation is 1. The molecule has 2 aliphatic rings. The molecule has 3 nitrogen and oxygen atoms in total. The van der Waals surface area contributed by atoms with E-state index in [9.17, 15) is 9.90 Å². The van der Waals surface area contributed by atoms with Crippen LogP contribution in [0.5, 0.6) is 5.75 Å². The molecule has 0 aromatic heterocycles.